The highest BCUT2D eigenvalue weighted by Crippen LogP contribution is 2.32. The van der Waals surface area contributed by atoms with E-state index in [0.717, 1.165) is 12.8 Å². The van der Waals surface area contributed by atoms with E-state index < -0.39 is 0 Å². The lowest BCUT2D eigenvalue weighted by atomic mass is 9.82. The molecule has 0 saturated heterocycles. The van der Waals surface area contributed by atoms with Crippen LogP contribution in [0, 0.1) is 5.92 Å². The third kappa shape index (κ3) is 20.5. The Morgan fingerprint density at radius 1 is 0.971 bits per heavy atom. The molecule has 0 amide bonds. The smallest absolute Gasteiger partial charge is 0.00187 e. The van der Waals surface area contributed by atoms with Crippen molar-refractivity contribution in [2.24, 2.45) is 5.92 Å². The minimum Gasteiger partial charge on any atom is -0.306 e. The largest absolute Gasteiger partial charge is 0.306 e. The summed E-state index contributed by atoms with van der Waals surface area (Å²) in [5, 5.41) is 0. The molecule has 1 atom stereocenters. The predicted molar refractivity (Wildman–Crippen MR) is 164 cm³/mol. The first kappa shape index (κ1) is 35.8. The van der Waals surface area contributed by atoms with Crippen LogP contribution in [0.1, 0.15) is 131 Å². The average molecular weight is 486 g/mol. The molecule has 0 saturated carbocycles. The number of rotatable bonds is 18. The monoisotopic (exact) mass is 485 g/mol. The fraction of sp³-hybridized carbons (Fsp3) is 0.706. The molecule has 0 spiro atoms. The maximum Gasteiger partial charge on any atom is -0.00187 e. The first-order valence-electron chi connectivity index (χ1n) is 14.9. The van der Waals surface area contributed by atoms with E-state index in [4.69, 9.17) is 0 Å². The van der Waals surface area contributed by atoms with Gasteiger partial charge in [0.2, 0.25) is 0 Å². The second-order valence-corrected chi connectivity index (χ2v) is 9.77. The molecule has 0 bridgehead atoms. The molecule has 0 aromatic carbocycles. The Morgan fingerprint density at radius 3 is 2.17 bits per heavy atom. The van der Waals surface area contributed by atoms with Gasteiger partial charge in [-0.2, -0.15) is 0 Å². The van der Waals surface area contributed by atoms with Crippen LogP contribution < -0.4 is 0 Å². The third-order valence-corrected chi connectivity index (χ3v) is 6.73. The molecular formula is C34H63N. The Kier molecular flexibility index (Phi) is 26.3. The van der Waals surface area contributed by atoms with Crippen molar-refractivity contribution in [3.63, 3.8) is 0 Å². The van der Waals surface area contributed by atoms with Gasteiger partial charge in [0.05, 0.1) is 0 Å². The Bertz CT molecular complexity index is 592. The van der Waals surface area contributed by atoms with Crippen LogP contribution in [0.3, 0.4) is 0 Å². The Hall–Kier alpha value is -1.34. The van der Waals surface area contributed by atoms with Crippen molar-refractivity contribution in [3.8, 4) is 0 Å². The normalized spacial score (nSPS) is 15.4. The Morgan fingerprint density at radius 2 is 1.60 bits per heavy atom. The second-order valence-electron chi connectivity index (χ2n) is 9.77. The topological polar surface area (TPSA) is 3.24 Å². The lowest BCUT2D eigenvalue weighted by Crippen LogP contribution is -2.21. The first-order chi connectivity index (χ1) is 17.0. The molecule has 0 aromatic heterocycles. The molecule has 0 aliphatic heterocycles. The van der Waals surface area contributed by atoms with Crippen LogP contribution in [0.25, 0.3) is 0 Å². The fourth-order valence-electron chi connectivity index (χ4n) is 4.60. The molecule has 1 unspecified atom stereocenters. The van der Waals surface area contributed by atoms with Gasteiger partial charge in [-0.05, 0) is 116 Å². The molecular weight excluding hydrogens is 422 g/mol. The van der Waals surface area contributed by atoms with E-state index in [1.807, 2.05) is 33.8 Å². The van der Waals surface area contributed by atoms with Crippen molar-refractivity contribution in [1.29, 1.82) is 0 Å². The number of allylic oxidation sites excluding steroid dienone is 7. The van der Waals surface area contributed by atoms with E-state index in [-0.39, 0.29) is 0 Å². The molecule has 1 rings (SSSR count). The van der Waals surface area contributed by atoms with Crippen LogP contribution in [0.15, 0.2) is 60.3 Å². The van der Waals surface area contributed by atoms with Gasteiger partial charge < -0.3 is 4.90 Å². The average Bonchev–Trinajstić information content (AvgIpc) is 2.87. The Balaban J connectivity index is 0. The van der Waals surface area contributed by atoms with Gasteiger partial charge in [0, 0.05) is 0 Å². The van der Waals surface area contributed by atoms with Gasteiger partial charge in [0.25, 0.3) is 0 Å². The quantitative estimate of drug-likeness (QED) is 0.138. The van der Waals surface area contributed by atoms with Gasteiger partial charge in [-0.15, -0.1) is 6.58 Å². The van der Waals surface area contributed by atoms with Gasteiger partial charge in [0.15, 0.2) is 0 Å². The maximum atomic E-state index is 4.45. The van der Waals surface area contributed by atoms with E-state index in [1.54, 1.807) is 11.1 Å². The van der Waals surface area contributed by atoms with Crippen molar-refractivity contribution in [2.75, 3.05) is 20.1 Å². The zero-order chi connectivity index (χ0) is 26.9. The highest BCUT2D eigenvalue weighted by atomic mass is 15.1. The van der Waals surface area contributed by atoms with Crippen molar-refractivity contribution in [3.05, 3.63) is 60.3 Å². The highest BCUT2D eigenvalue weighted by Gasteiger charge is 2.16. The van der Waals surface area contributed by atoms with Gasteiger partial charge in [-0.25, -0.2) is 0 Å². The summed E-state index contributed by atoms with van der Waals surface area (Å²) in [6, 6.07) is 0. The molecule has 0 fully saturated rings. The predicted octanol–water partition coefficient (Wildman–Crippen LogP) is 11.3. The van der Waals surface area contributed by atoms with Gasteiger partial charge >= 0.3 is 0 Å². The summed E-state index contributed by atoms with van der Waals surface area (Å²) in [7, 11) is 2.26. The summed E-state index contributed by atoms with van der Waals surface area (Å²) in [5.41, 5.74) is 6.12. The summed E-state index contributed by atoms with van der Waals surface area (Å²) in [4.78, 5) is 2.48. The number of hydrogen-bond donors (Lipinski definition) is 0. The second kappa shape index (κ2) is 25.7. The number of unbranched alkanes of at least 4 members (excludes halogenated alkanes) is 1. The SMILES string of the molecule is C=CCCCC(=C)CCCN(C)CCCC(=C)C1CC=C(CC/C=C(\C)CCC)CC1.CC.CC. The van der Waals surface area contributed by atoms with Crippen LogP contribution in [-0.4, -0.2) is 25.0 Å². The lowest BCUT2D eigenvalue weighted by molar-refractivity contribution is 0.322. The number of nitrogens with zero attached hydrogens (tertiary/aromatic N) is 1. The van der Waals surface area contributed by atoms with Gasteiger partial charge in [-0.1, -0.05) is 94.7 Å². The summed E-state index contributed by atoms with van der Waals surface area (Å²) in [6.07, 6.45) is 24.1. The van der Waals surface area contributed by atoms with E-state index in [2.05, 4.69) is 57.7 Å². The first-order valence-corrected chi connectivity index (χ1v) is 14.9. The van der Waals surface area contributed by atoms with Crippen LogP contribution in [0.4, 0.5) is 0 Å². The van der Waals surface area contributed by atoms with Crippen molar-refractivity contribution in [2.45, 2.75) is 131 Å². The van der Waals surface area contributed by atoms with Gasteiger partial charge in [0.1, 0.15) is 0 Å². The van der Waals surface area contributed by atoms with E-state index in [0.29, 0.717) is 5.92 Å². The summed E-state index contributed by atoms with van der Waals surface area (Å²) >= 11 is 0. The van der Waals surface area contributed by atoms with Crippen LogP contribution in [0.2, 0.25) is 0 Å². The summed E-state index contributed by atoms with van der Waals surface area (Å²) < 4.78 is 0. The fourth-order valence-corrected chi connectivity index (χ4v) is 4.60. The molecule has 0 aromatic rings. The van der Waals surface area contributed by atoms with E-state index >= 15 is 0 Å². The summed E-state index contributed by atoms with van der Waals surface area (Å²) in [5.74, 6) is 0.713. The Labute approximate surface area is 222 Å². The molecule has 1 aliphatic carbocycles. The molecule has 204 valence electrons. The molecule has 35 heavy (non-hydrogen) atoms. The van der Waals surface area contributed by atoms with Gasteiger partial charge in [-0.3, -0.25) is 0 Å². The molecule has 1 heteroatoms. The molecule has 1 nitrogen and oxygen atoms in total. The molecule has 0 heterocycles. The van der Waals surface area contributed by atoms with E-state index in [9.17, 15) is 0 Å². The maximum absolute atomic E-state index is 4.45. The molecule has 1 aliphatic rings. The van der Waals surface area contributed by atoms with Crippen molar-refractivity contribution < 1.29 is 0 Å². The minimum atomic E-state index is 0.713. The number of hydrogen-bond acceptors (Lipinski definition) is 1. The van der Waals surface area contributed by atoms with Crippen LogP contribution in [0.5, 0.6) is 0 Å². The van der Waals surface area contributed by atoms with Crippen LogP contribution >= 0.6 is 0 Å². The van der Waals surface area contributed by atoms with Crippen LogP contribution in [-0.2, 0) is 0 Å². The minimum absolute atomic E-state index is 0.713. The van der Waals surface area contributed by atoms with Crippen molar-refractivity contribution in [1.82, 2.24) is 4.90 Å². The highest BCUT2D eigenvalue weighted by molar-refractivity contribution is 5.14. The zero-order valence-corrected chi connectivity index (χ0v) is 25.2. The zero-order valence-electron chi connectivity index (χ0n) is 25.2. The molecule has 0 radical (unpaired) electrons. The van der Waals surface area contributed by atoms with E-state index in [1.165, 1.54) is 101 Å². The third-order valence-electron chi connectivity index (χ3n) is 6.73. The summed E-state index contributed by atoms with van der Waals surface area (Å²) in [6.45, 7) is 27.4. The molecule has 0 N–H and O–H groups in total. The standard InChI is InChI=1S/C30H51N.2C2H6/c1-7-9-10-15-27(4)17-12-24-31(6)25-13-18-28(5)30-22-20-29(21-23-30)19-11-16-26(3)14-8-2;2*1-2/h7,16,20,30H,1,4-5,8-15,17-19,21-25H2,2-3,6H3;2*1-2H3/b26-16+;;. The van der Waals surface area contributed by atoms with Crippen molar-refractivity contribution >= 4 is 0 Å². The lowest BCUT2D eigenvalue weighted by Gasteiger charge is -2.25.